The predicted octanol–water partition coefficient (Wildman–Crippen LogP) is 3.32. The van der Waals surface area contributed by atoms with Crippen LogP contribution >= 0.6 is 0 Å². The minimum absolute atomic E-state index is 0.357. The second-order valence-electron chi connectivity index (χ2n) is 7.57. The summed E-state index contributed by atoms with van der Waals surface area (Å²) in [6.45, 7) is 7.38. The second kappa shape index (κ2) is 4.79. The van der Waals surface area contributed by atoms with E-state index in [0.717, 1.165) is 6.04 Å². The van der Waals surface area contributed by atoms with Crippen molar-refractivity contribution < 1.29 is 0 Å². The van der Waals surface area contributed by atoms with Gasteiger partial charge in [-0.15, -0.1) is 0 Å². The fourth-order valence-corrected chi connectivity index (χ4v) is 4.50. The van der Waals surface area contributed by atoms with Crippen LogP contribution < -0.4 is 5.32 Å². The van der Waals surface area contributed by atoms with Crippen LogP contribution in [0, 0.1) is 0 Å². The summed E-state index contributed by atoms with van der Waals surface area (Å²) in [5.74, 6) is 0. The van der Waals surface area contributed by atoms with Gasteiger partial charge in [-0.2, -0.15) is 0 Å². The molecule has 2 nitrogen and oxygen atoms in total. The van der Waals surface area contributed by atoms with Crippen LogP contribution in [0.25, 0.3) is 0 Å². The molecule has 1 heterocycles. The van der Waals surface area contributed by atoms with Crippen molar-refractivity contribution in [1.82, 2.24) is 10.2 Å². The molecule has 2 saturated carbocycles. The first kappa shape index (κ1) is 12.9. The molecular weight excluding hydrogens is 220 g/mol. The van der Waals surface area contributed by atoms with Gasteiger partial charge in [0.1, 0.15) is 0 Å². The molecule has 18 heavy (non-hydrogen) atoms. The van der Waals surface area contributed by atoms with Crippen molar-refractivity contribution in [1.29, 1.82) is 0 Å². The van der Waals surface area contributed by atoms with E-state index in [1.54, 1.807) is 0 Å². The van der Waals surface area contributed by atoms with E-state index >= 15 is 0 Å². The smallest absolute Gasteiger partial charge is 0.0309 e. The fraction of sp³-hybridized carbons (Fsp3) is 1.00. The van der Waals surface area contributed by atoms with Crippen LogP contribution in [0.2, 0.25) is 0 Å². The van der Waals surface area contributed by atoms with Crippen molar-refractivity contribution in [3.8, 4) is 0 Å². The third kappa shape index (κ3) is 2.34. The number of nitrogens with zero attached hydrogens (tertiary/aromatic N) is 1. The van der Waals surface area contributed by atoms with Crippen molar-refractivity contribution in [3.63, 3.8) is 0 Å². The predicted molar refractivity (Wildman–Crippen MR) is 76.9 cm³/mol. The quantitative estimate of drug-likeness (QED) is 0.768. The van der Waals surface area contributed by atoms with E-state index in [1.165, 1.54) is 70.9 Å². The monoisotopic (exact) mass is 250 g/mol. The molecule has 3 aliphatic rings. The zero-order valence-electron chi connectivity index (χ0n) is 12.3. The van der Waals surface area contributed by atoms with Gasteiger partial charge in [-0.1, -0.05) is 32.1 Å². The Morgan fingerprint density at radius 2 is 1.61 bits per heavy atom. The molecule has 0 amide bonds. The lowest BCUT2D eigenvalue weighted by atomic mass is 9.83. The summed E-state index contributed by atoms with van der Waals surface area (Å²) in [6.07, 6.45) is 13.0. The molecule has 1 N–H and O–H groups in total. The lowest BCUT2D eigenvalue weighted by Gasteiger charge is -2.54. The van der Waals surface area contributed by atoms with Gasteiger partial charge in [-0.05, 0) is 39.5 Å². The Labute approximate surface area is 113 Å². The Kier molecular flexibility index (Phi) is 3.44. The van der Waals surface area contributed by atoms with E-state index in [9.17, 15) is 0 Å². The average molecular weight is 250 g/mol. The molecular formula is C16H30N2. The molecule has 0 aromatic carbocycles. The van der Waals surface area contributed by atoms with Crippen LogP contribution in [0.1, 0.15) is 71.6 Å². The Morgan fingerprint density at radius 1 is 0.944 bits per heavy atom. The largest absolute Gasteiger partial charge is 0.308 e. The zero-order valence-corrected chi connectivity index (χ0v) is 12.3. The number of nitrogens with one attached hydrogen (secondary N) is 1. The third-order valence-corrected chi connectivity index (χ3v) is 5.72. The molecule has 0 radical (unpaired) electrons. The number of hydrogen-bond acceptors (Lipinski definition) is 2. The summed E-state index contributed by atoms with van der Waals surface area (Å²) in [5.41, 5.74) is 0.836. The lowest BCUT2D eigenvalue weighted by Crippen LogP contribution is -2.69. The summed E-state index contributed by atoms with van der Waals surface area (Å²) in [6, 6.07) is 0.869. The van der Waals surface area contributed by atoms with Gasteiger partial charge in [0.25, 0.3) is 0 Å². The molecule has 0 unspecified atom stereocenters. The third-order valence-electron chi connectivity index (χ3n) is 5.72. The van der Waals surface area contributed by atoms with E-state index in [-0.39, 0.29) is 0 Å². The van der Waals surface area contributed by atoms with Crippen LogP contribution in [-0.4, -0.2) is 35.1 Å². The molecule has 3 rings (SSSR count). The summed E-state index contributed by atoms with van der Waals surface area (Å²) in [4.78, 5) is 2.88. The minimum atomic E-state index is 0.357. The minimum Gasteiger partial charge on any atom is -0.308 e. The summed E-state index contributed by atoms with van der Waals surface area (Å²) in [5, 5.41) is 3.91. The molecule has 2 aliphatic carbocycles. The normalized spacial score (nSPS) is 33.0. The first-order valence-electron chi connectivity index (χ1n) is 8.13. The van der Waals surface area contributed by atoms with Crippen LogP contribution in [0.3, 0.4) is 0 Å². The highest BCUT2D eigenvalue weighted by molar-refractivity contribution is 5.05. The molecule has 0 bridgehead atoms. The van der Waals surface area contributed by atoms with Gasteiger partial charge in [-0.3, -0.25) is 4.90 Å². The molecule has 0 aromatic rings. The van der Waals surface area contributed by atoms with Crippen molar-refractivity contribution in [2.75, 3.05) is 13.1 Å². The van der Waals surface area contributed by atoms with E-state index in [0.29, 0.717) is 11.1 Å². The van der Waals surface area contributed by atoms with E-state index < -0.39 is 0 Å². The SMILES string of the molecule is CC1(C)CNC2(CCCC2)CN1C1CCCCC1. The molecule has 0 aromatic heterocycles. The van der Waals surface area contributed by atoms with E-state index in [2.05, 4.69) is 24.1 Å². The van der Waals surface area contributed by atoms with Crippen LogP contribution in [0.5, 0.6) is 0 Å². The highest BCUT2D eigenvalue weighted by Crippen LogP contribution is 2.38. The highest BCUT2D eigenvalue weighted by Gasteiger charge is 2.46. The molecule has 3 fully saturated rings. The molecule has 2 heteroatoms. The van der Waals surface area contributed by atoms with Gasteiger partial charge in [0, 0.05) is 30.2 Å². The first-order chi connectivity index (χ1) is 8.61. The zero-order chi connectivity index (χ0) is 12.6. The summed E-state index contributed by atoms with van der Waals surface area (Å²) >= 11 is 0. The maximum Gasteiger partial charge on any atom is 0.0309 e. The van der Waals surface area contributed by atoms with Crippen LogP contribution in [0.4, 0.5) is 0 Å². The van der Waals surface area contributed by atoms with Gasteiger partial charge in [0.15, 0.2) is 0 Å². The van der Waals surface area contributed by atoms with Crippen molar-refractivity contribution in [2.45, 2.75) is 88.8 Å². The Balaban J connectivity index is 1.75. The van der Waals surface area contributed by atoms with Crippen LogP contribution in [0.15, 0.2) is 0 Å². The highest BCUT2D eigenvalue weighted by atomic mass is 15.3. The van der Waals surface area contributed by atoms with Crippen molar-refractivity contribution in [2.24, 2.45) is 0 Å². The van der Waals surface area contributed by atoms with Gasteiger partial charge in [0.2, 0.25) is 0 Å². The summed E-state index contributed by atoms with van der Waals surface area (Å²) < 4.78 is 0. The fourth-order valence-electron chi connectivity index (χ4n) is 4.50. The van der Waals surface area contributed by atoms with Crippen LogP contribution in [-0.2, 0) is 0 Å². The van der Waals surface area contributed by atoms with Crippen molar-refractivity contribution in [3.05, 3.63) is 0 Å². The average Bonchev–Trinajstić information content (AvgIpc) is 2.83. The second-order valence-corrected chi connectivity index (χ2v) is 7.57. The standard InChI is InChI=1S/C16H30N2/c1-15(2)12-17-16(10-6-7-11-16)13-18(15)14-8-4-3-5-9-14/h14,17H,3-13H2,1-2H3. The maximum absolute atomic E-state index is 3.91. The Bertz CT molecular complexity index is 285. The number of rotatable bonds is 1. The number of hydrogen-bond donors (Lipinski definition) is 1. The van der Waals surface area contributed by atoms with Gasteiger partial charge < -0.3 is 5.32 Å². The molecule has 1 spiro atoms. The molecule has 1 saturated heterocycles. The topological polar surface area (TPSA) is 15.3 Å². The molecule has 0 atom stereocenters. The van der Waals surface area contributed by atoms with Gasteiger partial charge >= 0.3 is 0 Å². The van der Waals surface area contributed by atoms with E-state index in [4.69, 9.17) is 0 Å². The Hall–Kier alpha value is -0.0800. The van der Waals surface area contributed by atoms with Gasteiger partial charge in [-0.25, -0.2) is 0 Å². The maximum atomic E-state index is 3.91. The lowest BCUT2D eigenvalue weighted by molar-refractivity contribution is -0.0173. The summed E-state index contributed by atoms with van der Waals surface area (Å²) in [7, 11) is 0. The first-order valence-corrected chi connectivity index (χ1v) is 8.13. The van der Waals surface area contributed by atoms with Gasteiger partial charge in [0.05, 0.1) is 0 Å². The van der Waals surface area contributed by atoms with E-state index in [1.807, 2.05) is 0 Å². The molecule has 104 valence electrons. The number of piperazine rings is 1. The van der Waals surface area contributed by atoms with Crippen molar-refractivity contribution >= 4 is 0 Å². The Morgan fingerprint density at radius 3 is 2.28 bits per heavy atom. The molecule has 1 aliphatic heterocycles.